The highest BCUT2D eigenvalue weighted by Gasteiger charge is 2.36. The third-order valence-electron chi connectivity index (χ3n) is 5.44. The fourth-order valence-electron chi connectivity index (χ4n) is 4.08. The molecule has 0 atom stereocenters. The molecule has 0 saturated carbocycles. The zero-order valence-corrected chi connectivity index (χ0v) is 16.8. The van der Waals surface area contributed by atoms with E-state index < -0.39 is 11.7 Å². The lowest BCUT2D eigenvalue weighted by Gasteiger charge is -2.32. The van der Waals surface area contributed by atoms with Gasteiger partial charge in [-0.25, -0.2) is 0 Å². The number of para-hydroxylation sites is 1. The van der Waals surface area contributed by atoms with E-state index in [1.807, 2.05) is 7.05 Å². The predicted octanol–water partition coefficient (Wildman–Crippen LogP) is 3.95. The number of carbonyl (C=O) groups is 2. The molecule has 6 heteroatoms. The fourth-order valence-corrected chi connectivity index (χ4v) is 4.26. The van der Waals surface area contributed by atoms with E-state index in [9.17, 15) is 9.59 Å². The van der Waals surface area contributed by atoms with Crippen LogP contribution in [-0.2, 0) is 11.3 Å². The number of Topliss-reactive ketones (excluding diaryl/α,β-unsaturated/α-hetero) is 1. The van der Waals surface area contributed by atoms with Gasteiger partial charge in [0.25, 0.3) is 5.78 Å². The maximum Gasteiger partial charge on any atom is 0.300 e. The van der Waals surface area contributed by atoms with Gasteiger partial charge in [0.15, 0.2) is 0 Å². The normalized spacial score (nSPS) is 16.8. The second-order valence-electron chi connectivity index (χ2n) is 7.56. The zero-order valence-electron chi connectivity index (χ0n) is 16.0. The van der Waals surface area contributed by atoms with Crippen LogP contribution in [0.2, 0.25) is 5.02 Å². The average Bonchev–Trinajstić information content (AvgIpc) is 2.93. The molecule has 0 aromatic heterocycles. The van der Waals surface area contributed by atoms with Crippen LogP contribution in [0.1, 0.15) is 35.2 Å². The number of rotatable bonds is 5. The maximum atomic E-state index is 12.5. The van der Waals surface area contributed by atoms with E-state index in [0.29, 0.717) is 29.5 Å². The van der Waals surface area contributed by atoms with Crippen molar-refractivity contribution < 1.29 is 9.59 Å². The number of benzene rings is 2. The molecular weight excluding hydrogens is 374 g/mol. The van der Waals surface area contributed by atoms with Crippen molar-refractivity contribution in [1.82, 2.24) is 4.90 Å². The van der Waals surface area contributed by atoms with Crippen LogP contribution in [0.3, 0.4) is 0 Å². The summed E-state index contributed by atoms with van der Waals surface area (Å²) in [6.45, 7) is 3.24. The highest BCUT2D eigenvalue weighted by Crippen LogP contribution is 2.32. The molecule has 0 radical (unpaired) electrons. The molecule has 2 aromatic rings. The van der Waals surface area contributed by atoms with E-state index in [1.165, 1.54) is 35.4 Å². The monoisotopic (exact) mass is 397 g/mol. The Balaban J connectivity index is 1.51. The van der Waals surface area contributed by atoms with Crippen molar-refractivity contribution in [2.45, 2.75) is 25.8 Å². The van der Waals surface area contributed by atoms with Gasteiger partial charge < -0.3 is 4.90 Å². The summed E-state index contributed by atoms with van der Waals surface area (Å²) in [7, 11) is 1.97. The van der Waals surface area contributed by atoms with Crippen molar-refractivity contribution >= 4 is 34.7 Å². The number of hydrogen-bond acceptors (Lipinski definition) is 4. The van der Waals surface area contributed by atoms with Crippen LogP contribution in [-0.4, -0.2) is 43.4 Å². The average molecular weight is 398 g/mol. The van der Waals surface area contributed by atoms with Crippen molar-refractivity contribution in [1.29, 1.82) is 0 Å². The lowest BCUT2D eigenvalue weighted by atomic mass is 10.1. The van der Waals surface area contributed by atoms with Crippen LogP contribution in [0.5, 0.6) is 0 Å². The topological polar surface area (TPSA) is 43.9 Å². The molecule has 1 saturated heterocycles. The molecule has 0 bridgehead atoms. The van der Waals surface area contributed by atoms with Gasteiger partial charge in [-0.3, -0.25) is 19.4 Å². The van der Waals surface area contributed by atoms with Gasteiger partial charge in [-0.2, -0.15) is 0 Å². The Hall–Kier alpha value is -2.37. The molecule has 1 amide bonds. The Kier molecular flexibility index (Phi) is 5.38. The van der Waals surface area contributed by atoms with E-state index in [4.69, 9.17) is 11.6 Å². The number of anilines is 2. The van der Waals surface area contributed by atoms with Gasteiger partial charge in [0.2, 0.25) is 0 Å². The quantitative estimate of drug-likeness (QED) is 0.716. The van der Waals surface area contributed by atoms with Crippen molar-refractivity contribution in [3.8, 4) is 0 Å². The molecule has 2 heterocycles. The summed E-state index contributed by atoms with van der Waals surface area (Å²) in [6, 6.07) is 13.5. The lowest BCUT2D eigenvalue weighted by Crippen LogP contribution is -2.39. The first-order valence-electron chi connectivity index (χ1n) is 9.72. The molecule has 0 unspecified atom stereocenters. The van der Waals surface area contributed by atoms with Crippen molar-refractivity contribution in [3.05, 3.63) is 58.6 Å². The number of amides is 1. The standard InChI is InChI=1S/C22H24ClN3O2/c1-24(14-16-7-3-4-8-19(16)25-11-5-2-6-12-25)15-26-20-10-9-17(23)13-18(20)21(27)22(26)28/h3-4,7-10,13H,2,5-6,11-12,14-15H2,1H3. The molecule has 0 spiro atoms. The molecule has 2 aliphatic heterocycles. The van der Waals surface area contributed by atoms with Crippen molar-refractivity contribution in [2.24, 2.45) is 0 Å². The van der Waals surface area contributed by atoms with Gasteiger partial charge in [-0.1, -0.05) is 29.8 Å². The predicted molar refractivity (Wildman–Crippen MR) is 112 cm³/mol. The van der Waals surface area contributed by atoms with Gasteiger partial charge in [-0.15, -0.1) is 0 Å². The van der Waals surface area contributed by atoms with Crippen LogP contribution in [0.4, 0.5) is 11.4 Å². The molecule has 2 aliphatic rings. The molecule has 28 heavy (non-hydrogen) atoms. The van der Waals surface area contributed by atoms with Crippen molar-refractivity contribution in [3.63, 3.8) is 0 Å². The summed E-state index contributed by atoms with van der Waals surface area (Å²) in [6.07, 6.45) is 3.76. The van der Waals surface area contributed by atoms with Gasteiger partial charge in [0.1, 0.15) is 0 Å². The third kappa shape index (κ3) is 3.64. The van der Waals surface area contributed by atoms with Crippen molar-refractivity contribution in [2.75, 3.05) is 36.6 Å². The first-order chi connectivity index (χ1) is 13.5. The number of piperidine rings is 1. The Morgan fingerprint density at radius 1 is 1.00 bits per heavy atom. The summed E-state index contributed by atoms with van der Waals surface area (Å²) < 4.78 is 0. The van der Waals surface area contributed by atoms with Gasteiger partial charge in [-0.05, 0) is 56.1 Å². The summed E-state index contributed by atoms with van der Waals surface area (Å²) in [5.41, 5.74) is 3.53. The summed E-state index contributed by atoms with van der Waals surface area (Å²) in [5.74, 6) is -0.979. The first kappa shape index (κ1) is 19.0. The minimum atomic E-state index is -0.492. The highest BCUT2D eigenvalue weighted by molar-refractivity contribution is 6.52. The fraction of sp³-hybridized carbons (Fsp3) is 0.364. The molecule has 2 aromatic carbocycles. The van der Waals surface area contributed by atoms with Crippen LogP contribution in [0, 0.1) is 0 Å². The number of nitrogens with zero attached hydrogens (tertiary/aromatic N) is 3. The van der Waals surface area contributed by atoms with E-state index in [1.54, 1.807) is 18.2 Å². The number of carbonyl (C=O) groups excluding carboxylic acids is 2. The Morgan fingerprint density at radius 2 is 1.75 bits per heavy atom. The Morgan fingerprint density at radius 3 is 2.54 bits per heavy atom. The minimum absolute atomic E-state index is 0.355. The Labute approximate surface area is 170 Å². The molecular formula is C22H24ClN3O2. The van der Waals surface area contributed by atoms with Gasteiger partial charge >= 0.3 is 5.91 Å². The molecule has 0 aliphatic carbocycles. The van der Waals surface area contributed by atoms with E-state index in [0.717, 1.165) is 13.1 Å². The van der Waals surface area contributed by atoms with Crippen LogP contribution in [0.15, 0.2) is 42.5 Å². The zero-order chi connectivity index (χ0) is 19.7. The van der Waals surface area contributed by atoms with Crippen LogP contribution < -0.4 is 9.80 Å². The SMILES string of the molecule is CN(Cc1ccccc1N1CCCCC1)CN1C(=O)C(=O)c2cc(Cl)ccc21. The van der Waals surface area contributed by atoms with Gasteiger partial charge in [0, 0.05) is 30.3 Å². The number of hydrogen-bond donors (Lipinski definition) is 0. The number of halogens is 1. The molecule has 1 fully saturated rings. The molecule has 5 nitrogen and oxygen atoms in total. The minimum Gasteiger partial charge on any atom is -0.371 e. The second kappa shape index (κ2) is 7.94. The molecule has 4 rings (SSSR count). The third-order valence-corrected chi connectivity index (χ3v) is 5.68. The van der Waals surface area contributed by atoms with E-state index in [-0.39, 0.29) is 0 Å². The molecule has 146 valence electrons. The van der Waals surface area contributed by atoms with Crippen LogP contribution in [0.25, 0.3) is 0 Å². The number of fused-ring (bicyclic) bond motifs is 1. The first-order valence-corrected chi connectivity index (χ1v) is 10.1. The van der Waals surface area contributed by atoms with Crippen LogP contribution >= 0.6 is 11.6 Å². The Bertz CT molecular complexity index is 908. The second-order valence-corrected chi connectivity index (χ2v) is 7.99. The largest absolute Gasteiger partial charge is 0.371 e. The highest BCUT2D eigenvalue weighted by atomic mass is 35.5. The summed E-state index contributed by atoms with van der Waals surface area (Å²) in [5, 5.41) is 0.463. The van der Waals surface area contributed by atoms with E-state index in [2.05, 4.69) is 34.1 Å². The van der Waals surface area contributed by atoms with Gasteiger partial charge in [0.05, 0.1) is 17.9 Å². The number of ketones is 1. The summed E-state index contributed by atoms with van der Waals surface area (Å²) >= 11 is 5.99. The molecule has 0 N–H and O–H groups in total. The van der Waals surface area contributed by atoms with E-state index >= 15 is 0 Å². The lowest BCUT2D eigenvalue weighted by molar-refractivity contribution is -0.114. The summed E-state index contributed by atoms with van der Waals surface area (Å²) in [4.78, 5) is 30.8. The smallest absolute Gasteiger partial charge is 0.300 e. The maximum absolute atomic E-state index is 12.5.